The molecule has 3 rings (SSSR count). The number of methoxy groups -OCH3 is 2. The summed E-state index contributed by atoms with van der Waals surface area (Å²) < 4.78 is 10.3. The number of ether oxygens (including phenoxy) is 2. The predicted octanol–water partition coefficient (Wildman–Crippen LogP) is 1.89. The molecule has 0 radical (unpaired) electrons. The van der Waals surface area contributed by atoms with Gasteiger partial charge < -0.3 is 19.8 Å². The largest absolute Gasteiger partial charge is 0.493 e. The van der Waals surface area contributed by atoms with Crippen molar-refractivity contribution >= 4 is 22.7 Å². The zero-order valence-electron chi connectivity index (χ0n) is 12.9. The van der Waals surface area contributed by atoms with E-state index in [-0.39, 0.29) is 12.2 Å². The molecule has 2 aromatic heterocycles. The van der Waals surface area contributed by atoms with Crippen LogP contribution in [-0.2, 0) is 6.54 Å². The van der Waals surface area contributed by atoms with Gasteiger partial charge in [-0.1, -0.05) is 0 Å². The van der Waals surface area contributed by atoms with Crippen molar-refractivity contribution in [1.82, 2.24) is 19.9 Å². The number of nitrogens with one attached hydrogen (secondary N) is 2. The SMILES string of the molecule is COc1cc(CNc2ncnc3[nH]cnc23)c([N+](=O)[O-])cc1OC. The number of aromatic nitrogens is 4. The first-order valence-electron chi connectivity index (χ1n) is 6.91. The van der Waals surface area contributed by atoms with E-state index >= 15 is 0 Å². The van der Waals surface area contributed by atoms with Gasteiger partial charge in [0.05, 0.1) is 37.1 Å². The van der Waals surface area contributed by atoms with Crippen LogP contribution >= 0.6 is 0 Å². The van der Waals surface area contributed by atoms with Crippen LogP contribution in [0.2, 0.25) is 0 Å². The van der Waals surface area contributed by atoms with Crippen LogP contribution in [0.4, 0.5) is 11.5 Å². The van der Waals surface area contributed by atoms with Gasteiger partial charge in [0.15, 0.2) is 23.0 Å². The average Bonchev–Trinajstić information content (AvgIpc) is 3.08. The third-order valence-corrected chi connectivity index (χ3v) is 3.44. The summed E-state index contributed by atoms with van der Waals surface area (Å²) in [6.45, 7) is 0.162. The maximum Gasteiger partial charge on any atom is 0.278 e. The third-order valence-electron chi connectivity index (χ3n) is 3.44. The Morgan fingerprint density at radius 3 is 2.67 bits per heavy atom. The lowest BCUT2D eigenvalue weighted by Crippen LogP contribution is -2.06. The number of nitrogens with zero attached hydrogens (tertiary/aromatic N) is 4. The van der Waals surface area contributed by atoms with Crippen molar-refractivity contribution in [3.8, 4) is 11.5 Å². The number of hydrogen-bond acceptors (Lipinski definition) is 8. The first kappa shape index (κ1) is 15.5. The molecule has 0 aliphatic heterocycles. The quantitative estimate of drug-likeness (QED) is 0.518. The summed E-state index contributed by atoms with van der Waals surface area (Å²) in [6.07, 6.45) is 2.88. The molecule has 0 bridgehead atoms. The molecule has 0 atom stereocenters. The van der Waals surface area contributed by atoms with Gasteiger partial charge in [-0.05, 0) is 6.07 Å². The molecule has 0 aliphatic carbocycles. The molecule has 0 saturated heterocycles. The van der Waals surface area contributed by atoms with Crippen LogP contribution in [0.25, 0.3) is 11.2 Å². The smallest absolute Gasteiger partial charge is 0.278 e. The number of imidazole rings is 1. The fourth-order valence-electron chi connectivity index (χ4n) is 2.29. The molecule has 124 valence electrons. The minimum atomic E-state index is -0.469. The van der Waals surface area contributed by atoms with Crippen LogP contribution in [0.5, 0.6) is 11.5 Å². The highest BCUT2D eigenvalue weighted by atomic mass is 16.6. The Labute approximate surface area is 136 Å². The number of anilines is 1. The van der Waals surface area contributed by atoms with Crippen molar-refractivity contribution in [2.75, 3.05) is 19.5 Å². The van der Waals surface area contributed by atoms with Crippen LogP contribution in [0.3, 0.4) is 0 Å². The molecule has 10 heteroatoms. The van der Waals surface area contributed by atoms with Gasteiger partial charge in [-0.15, -0.1) is 0 Å². The van der Waals surface area contributed by atoms with E-state index in [2.05, 4.69) is 25.3 Å². The van der Waals surface area contributed by atoms with Crippen LogP contribution in [0.1, 0.15) is 5.56 Å². The number of H-pyrrole nitrogens is 1. The minimum absolute atomic E-state index is 0.0764. The third kappa shape index (κ3) is 2.76. The molecule has 1 aromatic carbocycles. The van der Waals surface area contributed by atoms with E-state index in [1.165, 1.54) is 32.9 Å². The van der Waals surface area contributed by atoms with Crippen LogP contribution in [0, 0.1) is 10.1 Å². The monoisotopic (exact) mass is 330 g/mol. The number of benzene rings is 1. The second-order valence-electron chi connectivity index (χ2n) is 4.77. The molecular weight excluding hydrogens is 316 g/mol. The standard InChI is InChI=1S/C14H14N6O4/c1-23-10-3-8(9(20(21)22)4-11(10)24-2)5-15-13-12-14(17-6-16-12)19-7-18-13/h3-4,6-7H,5H2,1-2H3,(H2,15,16,17,18,19). The Balaban J connectivity index is 1.94. The molecule has 0 spiro atoms. The zero-order chi connectivity index (χ0) is 17.1. The van der Waals surface area contributed by atoms with E-state index in [1.54, 1.807) is 6.07 Å². The lowest BCUT2D eigenvalue weighted by molar-refractivity contribution is -0.385. The van der Waals surface area contributed by atoms with E-state index in [9.17, 15) is 10.1 Å². The van der Waals surface area contributed by atoms with E-state index < -0.39 is 4.92 Å². The molecule has 24 heavy (non-hydrogen) atoms. The molecule has 0 unspecified atom stereocenters. The van der Waals surface area contributed by atoms with Crippen LogP contribution in [-0.4, -0.2) is 39.1 Å². The fraction of sp³-hybridized carbons (Fsp3) is 0.214. The zero-order valence-corrected chi connectivity index (χ0v) is 12.9. The molecule has 10 nitrogen and oxygen atoms in total. The Kier molecular flexibility index (Phi) is 4.10. The van der Waals surface area contributed by atoms with E-state index in [0.29, 0.717) is 34.0 Å². The summed E-state index contributed by atoms with van der Waals surface area (Å²) in [5, 5.41) is 14.4. The van der Waals surface area contributed by atoms with Gasteiger partial charge >= 0.3 is 0 Å². The molecule has 3 aromatic rings. The molecule has 0 fully saturated rings. The summed E-state index contributed by atoms with van der Waals surface area (Å²) in [4.78, 5) is 26.0. The van der Waals surface area contributed by atoms with Crippen molar-refractivity contribution in [1.29, 1.82) is 0 Å². The number of aromatic amines is 1. The van der Waals surface area contributed by atoms with Gasteiger partial charge in [0.2, 0.25) is 0 Å². The normalized spacial score (nSPS) is 10.6. The molecule has 0 saturated carbocycles. The molecule has 2 heterocycles. The lowest BCUT2D eigenvalue weighted by Gasteiger charge is -2.11. The fourth-order valence-corrected chi connectivity index (χ4v) is 2.29. The maximum atomic E-state index is 11.3. The van der Waals surface area contributed by atoms with E-state index in [0.717, 1.165) is 0 Å². The van der Waals surface area contributed by atoms with Gasteiger partial charge in [0, 0.05) is 6.54 Å². The van der Waals surface area contributed by atoms with Gasteiger partial charge in [-0.3, -0.25) is 10.1 Å². The number of fused-ring (bicyclic) bond motifs is 1. The first-order chi connectivity index (χ1) is 11.6. The Bertz CT molecular complexity index is 894. The Morgan fingerprint density at radius 1 is 1.21 bits per heavy atom. The first-order valence-corrected chi connectivity index (χ1v) is 6.91. The Hall–Kier alpha value is -3.43. The summed E-state index contributed by atoms with van der Waals surface area (Å²) >= 11 is 0. The van der Waals surface area contributed by atoms with Crippen molar-refractivity contribution < 1.29 is 14.4 Å². The lowest BCUT2D eigenvalue weighted by atomic mass is 10.1. The maximum absolute atomic E-state index is 11.3. The van der Waals surface area contributed by atoms with Crippen molar-refractivity contribution in [2.24, 2.45) is 0 Å². The van der Waals surface area contributed by atoms with Crippen LogP contribution in [0.15, 0.2) is 24.8 Å². The van der Waals surface area contributed by atoms with E-state index in [4.69, 9.17) is 9.47 Å². The second kappa shape index (κ2) is 6.36. The summed E-state index contributed by atoms with van der Waals surface area (Å²) in [5.41, 5.74) is 1.49. The predicted molar refractivity (Wildman–Crippen MR) is 85.2 cm³/mol. The van der Waals surface area contributed by atoms with Gasteiger partial charge in [-0.2, -0.15) is 0 Å². The number of hydrogen-bond donors (Lipinski definition) is 2. The highest BCUT2D eigenvalue weighted by Gasteiger charge is 2.19. The van der Waals surface area contributed by atoms with Gasteiger partial charge in [0.25, 0.3) is 5.69 Å². The summed E-state index contributed by atoms with van der Waals surface area (Å²) in [5.74, 6) is 1.18. The summed E-state index contributed by atoms with van der Waals surface area (Å²) in [7, 11) is 2.90. The van der Waals surface area contributed by atoms with Crippen molar-refractivity contribution in [2.45, 2.75) is 6.54 Å². The summed E-state index contributed by atoms with van der Waals surface area (Å²) in [6, 6.07) is 2.90. The van der Waals surface area contributed by atoms with Gasteiger partial charge in [-0.25, -0.2) is 15.0 Å². The molecule has 2 N–H and O–H groups in total. The van der Waals surface area contributed by atoms with Gasteiger partial charge in [0.1, 0.15) is 11.8 Å². The number of rotatable bonds is 6. The molecule has 0 aliphatic rings. The average molecular weight is 330 g/mol. The molecular formula is C14H14N6O4. The second-order valence-corrected chi connectivity index (χ2v) is 4.77. The molecule has 0 amide bonds. The van der Waals surface area contributed by atoms with Crippen molar-refractivity contribution in [3.05, 3.63) is 40.5 Å². The number of nitro groups is 1. The topological polar surface area (TPSA) is 128 Å². The minimum Gasteiger partial charge on any atom is -0.493 e. The highest BCUT2D eigenvalue weighted by molar-refractivity contribution is 5.81. The van der Waals surface area contributed by atoms with Crippen LogP contribution < -0.4 is 14.8 Å². The number of nitro benzene ring substituents is 1. The Morgan fingerprint density at radius 2 is 1.96 bits per heavy atom. The highest BCUT2D eigenvalue weighted by Crippen LogP contribution is 2.34. The van der Waals surface area contributed by atoms with E-state index in [1.807, 2.05) is 0 Å². The van der Waals surface area contributed by atoms with Crippen molar-refractivity contribution in [3.63, 3.8) is 0 Å².